The van der Waals surface area contributed by atoms with Gasteiger partial charge in [-0.25, -0.2) is 9.48 Å². The number of carbonyl (C=O) groups excluding carboxylic acids is 1. The van der Waals surface area contributed by atoms with Gasteiger partial charge in [0.05, 0.1) is 24.4 Å². The standard InChI is InChI=1S/C19H15BrCl2N2O3/c1-3-27-19(25)16-18(26-2)17(11-4-7-13(21)8-5-11)24(23-16)15-9-6-12(20)10-14(15)22/h4-10H,3H2,1-2H3. The fourth-order valence-electron chi connectivity index (χ4n) is 2.62. The molecule has 0 bridgehead atoms. The van der Waals surface area contributed by atoms with E-state index in [1.54, 1.807) is 35.9 Å². The highest BCUT2D eigenvalue weighted by molar-refractivity contribution is 9.10. The highest BCUT2D eigenvalue weighted by atomic mass is 79.9. The average Bonchev–Trinajstić information content (AvgIpc) is 3.02. The third-order valence-electron chi connectivity index (χ3n) is 3.77. The zero-order valence-corrected chi connectivity index (χ0v) is 17.6. The van der Waals surface area contributed by atoms with E-state index < -0.39 is 5.97 Å². The lowest BCUT2D eigenvalue weighted by molar-refractivity contribution is 0.0515. The Balaban J connectivity index is 2.30. The van der Waals surface area contributed by atoms with E-state index in [2.05, 4.69) is 21.0 Å². The Labute approximate surface area is 174 Å². The van der Waals surface area contributed by atoms with Gasteiger partial charge in [-0.2, -0.15) is 5.10 Å². The monoisotopic (exact) mass is 468 g/mol. The third-order valence-corrected chi connectivity index (χ3v) is 4.82. The minimum Gasteiger partial charge on any atom is -0.492 e. The van der Waals surface area contributed by atoms with Gasteiger partial charge in [0.25, 0.3) is 0 Å². The molecule has 1 aromatic heterocycles. The van der Waals surface area contributed by atoms with Crippen LogP contribution in [-0.2, 0) is 4.74 Å². The van der Waals surface area contributed by atoms with E-state index in [0.717, 1.165) is 10.0 Å². The molecule has 140 valence electrons. The molecular formula is C19H15BrCl2N2O3. The number of carbonyl (C=O) groups is 1. The summed E-state index contributed by atoms with van der Waals surface area (Å²) < 4.78 is 13.0. The van der Waals surface area contributed by atoms with Crippen LogP contribution in [0.15, 0.2) is 46.9 Å². The lowest BCUT2D eigenvalue weighted by Crippen LogP contribution is -2.08. The van der Waals surface area contributed by atoms with Crippen LogP contribution in [0.2, 0.25) is 10.0 Å². The molecule has 2 aromatic carbocycles. The Hall–Kier alpha value is -2.02. The molecule has 1 heterocycles. The minimum absolute atomic E-state index is 0.0725. The van der Waals surface area contributed by atoms with Crippen molar-refractivity contribution in [2.45, 2.75) is 6.92 Å². The molecule has 0 aliphatic carbocycles. The van der Waals surface area contributed by atoms with Crippen LogP contribution in [0.3, 0.4) is 0 Å². The van der Waals surface area contributed by atoms with Gasteiger partial charge >= 0.3 is 5.97 Å². The fraction of sp³-hybridized carbons (Fsp3) is 0.158. The van der Waals surface area contributed by atoms with E-state index >= 15 is 0 Å². The number of nitrogens with zero attached hydrogens (tertiary/aromatic N) is 2. The van der Waals surface area contributed by atoms with Crippen LogP contribution in [0.25, 0.3) is 16.9 Å². The van der Waals surface area contributed by atoms with Gasteiger partial charge in [0.15, 0.2) is 5.75 Å². The van der Waals surface area contributed by atoms with Gasteiger partial charge in [-0.15, -0.1) is 0 Å². The quantitative estimate of drug-likeness (QED) is 0.443. The molecule has 27 heavy (non-hydrogen) atoms. The van der Waals surface area contributed by atoms with E-state index in [-0.39, 0.29) is 12.3 Å². The Bertz CT molecular complexity index is 987. The highest BCUT2D eigenvalue weighted by Gasteiger charge is 2.27. The predicted octanol–water partition coefficient (Wildman–Crippen LogP) is 5.79. The number of rotatable bonds is 5. The van der Waals surface area contributed by atoms with Gasteiger partial charge in [0, 0.05) is 15.1 Å². The smallest absolute Gasteiger partial charge is 0.362 e. The summed E-state index contributed by atoms with van der Waals surface area (Å²) >= 11 is 15.8. The van der Waals surface area contributed by atoms with Gasteiger partial charge < -0.3 is 9.47 Å². The summed E-state index contributed by atoms with van der Waals surface area (Å²) in [5.41, 5.74) is 2.00. The second-order valence-electron chi connectivity index (χ2n) is 5.47. The topological polar surface area (TPSA) is 53.3 Å². The number of ether oxygens (including phenoxy) is 2. The van der Waals surface area contributed by atoms with Crippen molar-refractivity contribution in [1.29, 1.82) is 0 Å². The molecule has 5 nitrogen and oxygen atoms in total. The second-order valence-corrected chi connectivity index (χ2v) is 7.22. The molecule has 0 saturated heterocycles. The van der Waals surface area contributed by atoms with E-state index in [4.69, 9.17) is 32.7 Å². The molecule has 3 aromatic rings. The first-order valence-corrected chi connectivity index (χ1v) is 9.56. The number of hydrogen-bond donors (Lipinski definition) is 0. The van der Waals surface area contributed by atoms with Gasteiger partial charge in [-0.05, 0) is 37.3 Å². The summed E-state index contributed by atoms with van der Waals surface area (Å²) in [6, 6.07) is 12.5. The van der Waals surface area contributed by atoms with Crippen molar-refractivity contribution in [3.05, 3.63) is 62.7 Å². The number of methoxy groups -OCH3 is 1. The van der Waals surface area contributed by atoms with Crippen LogP contribution in [0.5, 0.6) is 5.75 Å². The average molecular weight is 470 g/mol. The Morgan fingerprint density at radius 3 is 2.48 bits per heavy atom. The minimum atomic E-state index is -0.573. The number of halogens is 3. The molecule has 0 spiro atoms. The summed E-state index contributed by atoms with van der Waals surface area (Å²) in [6.07, 6.45) is 0. The first-order chi connectivity index (χ1) is 13.0. The van der Waals surface area contributed by atoms with Crippen molar-refractivity contribution < 1.29 is 14.3 Å². The lowest BCUT2D eigenvalue weighted by Gasteiger charge is -2.11. The maximum atomic E-state index is 12.4. The summed E-state index contributed by atoms with van der Waals surface area (Å²) in [5.74, 6) is -0.272. The largest absolute Gasteiger partial charge is 0.492 e. The predicted molar refractivity (Wildman–Crippen MR) is 109 cm³/mol. The molecule has 3 rings (SSSR count). The highest BCUT2D eigenvalue weighted by Crippen LogP contribution is 2.38. The molecule has 0 unspecified atom stereocenters. The molecule has 0 amide bonds. The number of esters is 1. The molecule has 0 aliphatic heterocycles. The number of aromatic nitrogens is 2. The molecule has 0 saturated carbocycles. The van der Waals surface area contributed by atoms with Crippen molar-refractivity contribution in [2.24, 2.45) is 0 Å². The summed E-state index contributed by atoms with van der Waals surface area (Å²) in [6.45, 7) is 1.96. The van der Waals surface area contributed by atoms with E-state index in [1.807, 2.05) is 18.2 Å². The van der Waals surface area contributed by atoms with Crippen molar-refractivity contribution >= 4 is 45.1 Å². The van der Waals surface area contributed by atoms with Gasteiger partial charge in [0.1, 0.15) is 5.69 Å². The van der Waals surface area contributed by atoms with Crippen molar-refractivity contribution in [2.75, 3.05) is 13.7 Å². The van der Waals surface area contributed by atoms with Crippen molar-refractivity contribution in [3.63, 3.8) is 0 Å². The van der Waals surface area contributed by atoms with E-state index in [9.17, 15) is 4.79 Å². The van der Waals surface area contributed by atoms with E-state index in [1.165, 1.54) is 7.11 Å². The van der Waals surface area contributed by atoms with Crippen molar-refractivity contribution in [3.8, 4) is 22.7 Å². The Morgan fingerprint density at radius 2 is 1.89 bits per heavy atom. The third kappa shape index (κ3) is 3.98. The van der Waals surface area contributed by atoms with Gasteiger partial charge in [0.2, 0.25) is 5.69 Å². The van der Waals surface area contributed by atoms with Crippen LogP contribution >= 0.6 is 39.1 Å². The maximum Gasteiger partial charge on any atom is 0.362 e. The lowest BCUT2D eigenvalue weighted by atomic mass is 10.1. The van der Waals surface area contributed by atoms with Gasteiger partial charge in [-0.3, -0.25) is 0 Å². The first-order valence-electron chi connectivity index (χ1n) is 8.01. The normalized spacial score (nSPS) is 10.7. The van der Waals surface area contributed by atoms with Crippen LogP contribution in [0.4, 0.5) is 0 Å². The first kappa shape index (κ1) is 19.7. The summed E-state index contributed by atoms with van der Waals surface area (Å²) in [5, 5.41) is 5.50. The molecule has 8 heteroatoms. The number of benzene rings is 2. The maximum absolute atomic E-state index is 12.4. The van der Waals surface area contributed by atoms with Crippen LogP contribution in [0.1, 0.15) is 17.4 Å². The molecule has 0 atom stereocenters. The molecule has 0 aliphatic rings. The van der Waals surface area contributed by atoms with E-state index in [0.29, 0.717) is 27.2 Å². The Morgan fingerprint density at radius 1 is 1.19 bits per heavy atom. The van der Waals surface area contributed by atoms with Crippen LogP contribution in [-0.4, -0.2) is 29.5 Å². The second kappa shape index (κ2) is 8.33. The zero-order chi connectivity index (χ0) is 19.6. The molecule has 0 N–H and O–H groups in total. The van der Waals surface area contributed by atoms with Crippen LogP contribution < -0.4 is 4.74 Å². The number of hydrogen-bond acceptors (Lipinski definition) is 4. The summed E-state index contributed by atoms with van der Waals surface area (Å²) in [7, 11) is 1.48. The fourth-order valence-corrected chi connectivity index (χ4v) is 3.50. The Kier molecular flexibility index (Phi) is 6.09. The molecule has 0 radical (unpaired) electrons. The zero-order valence-electron chi connectivity index (χ0n) is 14.5. The van der Waals surface area contributed by atoms with Gasteiger partial charge in [-0.1, -0.05) is 51.3 Å². The van der Waals surface area contributed by atoms with Crippen molar-refractivity contribution in [1.82, 2.24) is 9.78 Å². The molecule has 0 fully saturated rings. The SMILES string of the molecule is CCOC(=O)c1nn(-c2ccc(Br)cc2Cl)c(-c2ccc(Cl)cc2)c1OC. The molecular weight excluding hydrogens is 455 g/mol. The van der Waals surface area contributed by atoms with Crippen LogP contribution in [0, 0.1) is 0 Å². The summed E-state index contributed by atoms with van der Waals surface area (Å²) in [4.78, 5) is 12.4.